The first-order valence-electron chi connectivity index (χ1n) is 8.51. The van der Waals surface area contributed by atoms with Crippen molar-refractivity contribution in [1.82, 2.24) is 10.2 Å². The van der Waals surface area contributed by atoms with Crippen LogP contribution in [0.15, 0.2) is 54.6 Å². The highest BCUT2D eigenvalue weighted by molar-refractivity contribution is 5.91. The molecule has 0 atom stereocenters. The van der Waals surface area contributed by atoms with Crippen molar-refractivity contribution >= 4 is 23.2 Å². The molecule has 0 unspecified atom stereocenters. The maximum atomic E-state index is 12.1. The number of hydrogen-bond acceptors (Lipinski definition) is 6. The Morgan fingerprint density at radius 2 is 1.70 bits per heavy atom. The van der Waals surface area contributed by atoms with E-state index in [2.05, 4.69) is 20.8 Å². The number of fused-ring (bicyclic) bond motifs is 1. The van der Waals surface area contributed by atoms with E-state index in [-0.39, 0.29) is 12.7 Å². The van der Waals surface area contributed by atoms with Gasteiger partial charge in [0.25, 0.3) is 0 Å². The minimum absolute atomic E-state index is 0.135. The maximum absolute atomic E-state index is 12.1. The van der Waals surface area contributed by atoms with Gasteiger partial charge in [-0.25, -0.2) is 0 Å². The Balaban J connectivity index is 1.35. The molecule has 7 nitrogen and oxygen atoms in total. The lowest BCUT2D eigenvalue weighted by Gasteiger charge is -2.07. The fourth-order valence-electron chi connectivity index (χ4n) is 2.67. The van der Waals surface area contributed by atoms with Crippen LogP contribution in [-0.2, 0) is 11.2 Å². The fraction of sp³-hybridized carbons (Fsp3) is 0.150. The molecule has 2 aromatic carbocycles. The van der Waals surface area contributed by atoms with Crippen LogP contribution in [0.2, 0.25) is 0 Å². The zero-order chi connectivity index (χ0) is 18.6. The van der Waals surface area contributed by atoms with Crippen molar-refractivity contribution in [3.8, 4) is 11.5 Å². The average Bonchev–Trinajstić information content (AvgIpc) is 3.13. The van der Waals surface area contributed by atoms with Gasteiger partial charge in [0.15, 0.2) is 23.1 Å². The van der Waals surface area contributed by atoms with Crippen LogP contribution in [0.1, 0.15) is 11.1 Å². The predicted molar refractivity (Wildman–Crippen MR) is 101 cm³/mol. The Kier molecular flexibility index (Phi) is 4.57. The Morgan fingerprint density at radius 1 is 0.963 bits per heavy atom. The number of ether oxygens (including phenoxy) is 2. The molecule has 4 rings (SSSR count). The van der Waals surface area contributed by atoms with Gasteiger partial charge in [0, 0.05) is 11.8 Å². The summed E-state index contributed by atoms with van der Waals surface area (Å²) < 4.78 is 10.6. The van der Waals surface area contributed by atoms with Crippen LogP contribution in [0.4, 0.5) is 17.3 Å². The number of aromatic nitrogens is 2. The Bertz CT molecular complexity index is 956. The number of anilines is 3. The van der Waals surface area contributed by atoms with Gasteiger partial charge in [-0.3, -0.25) is 4.79 Å². The third-order valence-electron chi connectivity index (χ3n) is 4.06. The highest BCUT2D eigenvalue weighted by atomic mass is 16.7. The summed E-state index contributed by atoms with van der Waals surface area (Å²) in [5.41, 5.74) is 2.92. The van der Waals surface area contributed by atoms with Crippen molar-refractivity contribution in [2.24, 2.45) is 0 Å². The van der Waals surface area contributed by atoms with Gasteiger partial charge in [0.05, 0.1) is 6.42 Å². The van der Waals surface area contributed by atoms with Crippen molar-refractivity contribution in [3.63, 3.8) is 0 Å². The number of rotatable bonds is 5. The molecular weight excluding hydrogens is 344 g/mol. The van der Waals surface area contributed by atoms with Crippen LogP contribution >= 0.6 is 0 Å². The number of nitrogens with zero attached hydrogens (tertiary/aromatic N) is 2. The molecule has 1 aromatic heterocycles. The summed E-state index contributed by atoms with van der Waals surface area (Å²) in [4.78, 5) is 12.1. The molecule has 136 valence electrons. The van der Waals surface area contributed by atoms with E-state index in [1.807, 2.05) is 49.4 Å². The SMILES string of the molecule is Cc1ccc(CC(=O)Nc2ccc(Nc3ccc4c(c3)OCO4)nn2)cc1. The first-order chi connectivity index (χ1) is 13.2. The first kappa shape index (κ1) is 16.8. The van der Waals surface area contributed by atoms with Gasteiger partial charge >= 0.3 is 0 Å². The molecule has 0 fully saturated rings. The van der Waals surface area contributed by atoms with Crippen molar-refractivity contribution in [1.29, 1.82) is 0 Å². The monoisotopic (exact) mass is 362 g/mol. The largest absolute Gasteiger partial charge is 0.454 e. The van der Waals surface area contributed by atoms with E-state index in [1.165, 1.54) is 0 Å². The molecule has 1 aliphatic heterocycles. The summed E-state index contributed by atoms with van der Waals surface area (Å²) in [5.74, 6) is 2.24. The van der Waals surface area contributed by atoms with Gasteiger partial charge in [0.2, 0.25) is 12.7 Å². The summed E-state index contributed by atoms with van der Waals surface area (Å²) in [6.07, 6.45) is 0.291. The van der Waals surface area contributed by atoms with Gasteiger partial charge < -0.3 is 20.1 Å². The third-order valence-corrected chi connectivity index (χ3v) is 4.06. The molecule has 2 N–H and O–H groups in total. The van der Waals surface area contributed by atoms with Crippen molar-refractivity contribution in [2.45, 2.75) is 13.3 Å². The minimum Gasteiger partial charge on any atom is -0.454 e. The van der Waals surface area contributed by atoms with Crippen LogP contribution in [-0.4, -0.2) is 22.9 Å². The molecule has 0 aliphatic carbocycles. The van der Waals surface area contributed by atoms with E-state index in [9.17, 15) is 4.79 Å². The summed E-state index contributed by atoms with van der Waals surface area (Å²) >= 11 is 0. The standard InChI is InChI=1S/C20H18N4O3/c1-13-2-4-14(5-3-13)10-20(25)22-19-9-8-18(23-24-19)21-15-6-7-16-17(11-15)27-12-26-16/h2-9,11H,10,12H2,1H3,(H,21,23)(H,22,24,25). The highest BCUT2D eigenvalue weighted by Gasteiger charge is 2.13. The van der Waals surface area contributed by atoms with Crippen molar-refractivity contribution in [2.75, 3.05) is 17.4 Å². The molecule has 0 saturated carbocycles. The van der Waals surface area contributed by atoms with Crippen LogP contribution in [0, 0.1) is 6.92 Å². The van der Waals surface area contributed by atoms with E-state index in [4.69, 9.17) is 9.47 Å². The molecular formula is C20H18N4O3. The number of amides is 1. The number of carbonyl (C=O) groups excluding carboxylic acids is 1. The van der Waals surface area contributed by atoms with Crippen LogP contribution in [0.25, 0.3) is 0 Å². The van der Waals surface area contributed by atoms with Crippen LogP contribution in [0.5, 0.6) is 11.5 Å². The fourth-order valence-corrected chi connectivity index (χ4v) is 2.67. The quantitative estimate of drug-likeness (QED) is 0.723. The lowest BCUT2D eigenvalue weighted by molar-refractivity contribution is -0.115. The zero-order valence-corrected chi connectivity index (χ0v) is 14.7. The highest BCUT2D eigenvalue weighted by Crippen LogP contribution is 2.34. The Hall–Kier alpha value is -3.61. The van der Waals surface area contributed by atoms with E-state index in [1.54, 1.807) is 12.1 Å². The second-order valence-electron chi connectivity index (χ2n) is 6.21. The summed E-state index contributed by atoms with van der Waals surface area (Å²) in [6.45, 7) is 2.24. The average molecular weight is 362 g/mol. The molecule has 0 spiro atoms. The molecule has 0 saturated heterocycles. The smallest absolute Gasteiger partial charge is 0.231 e. The number of carbonyl (C=O) groups is 1. The first-order valence-corrected chi connectivity index (χ1v) is 8.51. The second kappa shape index (κ2) is 7.33. The van der Waals surface area contributed by atoms with Crippen LogP contribution < -0.4 is 20.1 Å². The number of hydrogen-bond donors (Lipinski definition) is 2. The zero-order valence-electron chi connectivity index (χ0n) is 14.7. The summed E-state index contributed by atoms with van der Waals surface area (Å²) in [5, 5.41) is 14.0. The molecule has 2 heterocycles. The minimum atomic E-state index is -0.135. The van der Waals surface area contributed by atoms with Crippen molar-refractivity contribution < 1.29 is 14.3 Å². The summed E-state index contributed by atoms with van der Waals surface area (Å²) in [6, 6.07) is 16.8. The molecule has 3 aromatic rings. The second-order valence-corrected chi connectivity index (χ2v) is 6.21. The van der Waals surface area contributed by atoms with E-state index in [0.717, 1.165) is 22.6 Å². The van der Waals surface area contributed by atoms with Crippen molar-refractivity contribution in [3.05, 3.63) is 65.7 Å². The Morgan fingerprint density at radius 3 is 2.48 bits per heavy atom. The normalized spacial score (nSPS) is 11.9. The molecule has 1 amide bonds. The van der Waals surface area contributed by atoms with Gasteiger partial charge in [-0.2, -0.15) is 0 Å². The molecule has 0 bridgehead atoms. The van der Waals surface area contributed by atoms with Gasteiger partial charge in [-0.05, 0) is 36.8 Å². The van der Waals surface area contributed by atoms with Gasteiger partial charge in [0.1, 0.15) is 0 Å². The van der Waals surface area contributed by atoms with E-state index >= 15 is 0 Å². The number of benzene rings is 2. The lowest BCUT2D eigenvalue weighted by atomic mass is 10.1. The third kappa shape index (κ3) is 4.14. The van der Waals surface area contributed by atoms with E-state index in [0.29, 0.717) is 23.8 Å². The van der Waals surface area contributed by atoms with Crippen LogP contribution in [0.3, 0.4) is 0 Å². The lowest BCUT2D eigenvalue weighted by Crippen LogP contribution is -2.15. The number of aryl methyl sites for hydroxylation is 1. The molecule has 7 heteroatoms. The van der Waals surface area contributed by atoms with E-state index < -0.39 is 0 Å². The molecule has 27 heavy (non-hydrogen) atoms. The maximum Gasteiger partial charge on any atom is 0.231 e. The van der Waals surface area contributed by atoms with Gasteiger partial charge in [-0.1, -0.05) is 29.8 Å². The predicted octanol–water partition coefficient (Wildman–Crippen LogP) is 3.44. The molecule has 1 aliphatic rings. The molecule has 0 radical (unpaired) electrons. The number of nitrogens with one attached hydrogen (secondary N) is 2. The topological polar surface area (TPSA) is 85.4 Å². The van der Waals surface area contributed by atoms with Gasteiger partial charge in [-0.15, -0.1) is 10.2 Å². The summed E-state index contributed by atoms with van der Waals surface area (Å²) in [7, 11) is 0. The Labute approximate surface area is 156 Å².